The van der Waals surface area contributed by atoms with E-state index in [2.05, 4.69) is 10.2 Å². The zero-order chi connectivity index (χ0) is 18.9. The minimum Gasteiger partial charge on any atom is -0.465 e. The Balaban J connectivity index is 1.75. The first-order valence-corrected chi connectivity index (χ1v) is 9.65. The molecule has 5 rings (SSSR count). The normalized spacial score (nSPS) is 16.4. The number of aromatic nitrogens is 1. The molecule has 0 unspecified atom stereocenters. The molecule has 0 radical (unpaired) electrons. The molecule has 0 spiro atoms. The van der Waals surface area contributed by atoms with Gasteiger partial charge in [0.15, 0.2) is 0 Å². The predicted molar refractivity (Wildman–Crippen MR) is 109 cm³/mol. The van der Waals surface area contributed by atoms with E-state index < -0.39 is 0 Å². The van der Waals surface area contributed by atoms with Gasteiger partial charge in [0.25, 0.3) is 5.56 Å². The Morgan fingerprint density at radius 2 is 1.68 bits per heavy atom. The summed E-state index contributed by atoms with van der Waals surface area (Å²) in [6.45, 7) is 0. The third-order valence-electron chi connectivity index (χ3n) is 4.60. The molecule has 0 fully saturated rings. The molecule has 136 valence electrons. The van der Waals surface area contributed by atoms with Gasteiger partial charge in [-0.05, 0) is 17.7 Å². The monoisotopic (exact) mass is 385 g/mol. The maximum atomic E-state index is 13.3. The fraction of sp³-hybridized carbons (Fsp3) is 0.0455. The Labute approximate surface area is 164 Å². The van der Waals surface area contributed by atoms with Crippen molar-refractivity contribution in [3.63, 3.8) is 0 Å². The van der Waals surface area contributed by atoms with Crippen molar-refractivity contribution in [1.29, 1.82) is 0 Å². The molecule has 1 aliphatic rings. The van der Waals surface area contributed by atoms with Crippen LogP contribution in [0.15, 0.2) is 98.5 Å². The van der Waals surface area contributed by atoms with Crippen molar-refractivity contribution in [2.24, 2.45) is 10.2 Å². The summed E-state index contributed by atoms with van der Waals surface area (Å²) in [6, 6.07) is 23.1. The first-order valence-electron chi connectivity index (χ1n) is 8.84. The van der Waals surface area contributed by atoms with E-state index in [4.69, 9.17) is 4.42 Å². The number of benzene rings is 2. The molecule has 1 atom stereocenters. The number of rotatable bonds is 3. The van der Waals surface area contributed by atoms with E-state index >= 15 is 0 Å². The summed E-state index contributed by atoms with van der Waals surface area (Å²) < 4.78 is 7.67. The second kappa shape index (κ2) is 6.90. The number of fused-ring (bicyclic) bond motifs is 1. The van der Waals surface area contributed by atoms with Crippen LogP contribution < -0.4 is 14.9 Å². The van der Waals surface area contributed by atoms with E-state index in [1.165, 1.54) is 11.3 Å². The van der Waals surface area contributed by atoms with Crippen LogP contribution in [0.4, 0.5) is 0 Å². The van der Waals surface area contributed by atoms with Gasteiger partial charge >= 0.3 is 0 Å². The molecule has 5 nitrogen and oxygen atoms in total. The standard InChI is InChI=1S/C22H15N3O2S/c26-21-18(14-17-12-7-13-27-17)28-22-24-23-19(15-8-3-1-4-9-15)20(25(21)22)16-10-5-2-6-11-16/h1-14,20H/b18-14+/t20-/m1/s1. The lowest BCUT2D eigenvalue weighted by Crippen LogP contribution is -2.40. The van der Waals surface area contributed by atoms with Crippen molar-refractivity contribution in [1.82, 2.24) is 4.57 Å². The molecule has 0 aliphatic carbocycles. The fourth-order valence-electron chi connectivity index (χ4n) is 3.33. The minimum absolute atomic E-state index is 0.0997. The van der Waals surface area contributed by atoms with E-state index in [1.807, 2.05) is 66.7 Å². The van der Waals surface area contributed by atoms with E-state index in [1.54, 1.807) is 23.0 Å². The topological polar surface area (TPSA) is 59.9 Å². The van der Waals surface area contributed by atoms with E-state index in [0.29, 0.717) is 15.1 Å². The fourth-order valence-corrected chi connectivity index (χ4v) is 4.25. The Bertz CT molecular complexity index is 1320. The Hall–Kier alpha value is -3.51. The summed E-state index contributed by atoms with van der Waals surface area (Å²) in [5.41, 5.74) is 2.59. The van der Waals surface area contributed by atoms with Gasteiger partial charge in [-0.15, -0.1) is 10.2 Å². The highest BCUT2D eigenvalue weighted by molar-refractivity contribution is 7.07. The maximum Gasteiger partial charge on any atom is 0.271 e. The van der Waals surface area contributed by atoms with Gasteiger partial charge in [-0.1, -0.05) is 72.0 Å². The molecule has 0 bridgehead atoms. The van der Waals surface area contributed by atoms with Gasteiger partial charge in [0.1, 0.15) is 11.8 Å². The third kappa shape index (κ3) is 2.84. The van der Waals surface area contributed by atoms with E-state index in [9.17, 15) is 4.79 Å². The summed E-state index contributed by atoms with van der Waals surface area (Å²) in [5, 5.41) is 8.86. The lowest BCUT2D eigenvalue weighted by atomic mass is 9.96. The van der Waals surface area contributed by atoms with Gasteiger partial charge in [-0.25, -0.2) is 0 Å². The van der Waals surface area contributed by atoms with E-state index in [0.717, 1.165) is 16.8 Å². The molecule has 3 heterocycles. The minimum atomic E-state index is -0.335. The predicted octanol–water partition coefficient (Wildman–Crippen LogP) is 2.96. The summed E-state index contributed by atoms with van der Waals surface area (Å²) in [4.78, 5) is 13.9. The van der Waals surface area contributed by atoms with E-state index in [-0.39, 0.29) is 11.6 Å². The Morgan fingerprint density at radius 1 is 0.929 bits per heavy atom. The number of thiazole rings is 1. The Morgan fingerprint density at radius 3 is 2.39 bits per heavy atom. The SMILES string of the molecule is O=c1/c(=C\c2ccco2)sc2n1[C@H](c1ccccc1)C(c1ccccc1)=NN=2. The molecule has 28 heavy (non-hydrogen) atoms. The van der Waals surface area contributed by atoms with Crippen molar-refractivity contribution in [3.05, 3.63) is 116 Å². The highest BCUT2D eigenvalue weighted by Gasteiger charge is 2.28. The van der Waals surface area contributed by atoms with Crippen molar-refractivity contribution in [2.45, 2.75) is 6.04 Å². The molecule has 2 aromatic heterocycles. The zero-order valence-corrected chi connectivity index (χ0v) is 15.5. The largest absolute Gasteiger partial charge is 0.465 e. The van der Waals surface area contributed by atoms with Gasteiger partial charge in [0, 0.05) is 11.6 Å². The van der Waals surface area contributed by atoms with Crippen LogP contribution >= 0.6 is 11.3 Å². The summed E-state index contributed by atoms with van der Waals surface area (Å²) >= 11 is 1.32. The highest BCUT2D eigenvalue weighted by Crippen LogP contribution is 2.23. The van der Waals surface area contributed by atoms with Gasteiger partial charge in [-0.2, -0.15) is 0 Å². The lowest BCUT2D eigenvalue weighted by Gasteiger charge is -2.22. The van der Waals surface area contributed by atoms with Crippen LogP contribution in [0.2, 0.25) is 0 Å². The summed E-state index contributed by atoms with van der Waals surface area (Å²) in [5.74, 6) is 0.636. The van der Waals surface area contributed by atoms with Gasteiger partial charge in [0.05, 0.1) is 16.5 Å². The molecule has 0 saturated carbocycles. The van der Waals surface area contributed by atoms with Crippen LogP contribution in [-0.4, -0.2) is 10.3 Å². The molecule has 2 aromatic carbocycles. The number of hydrogen-bond acceptors (Lipinski definition) is 5. The molecule has 1 aliphatic heterocycles. The van der Waals surface area contributed by atoms with Crippen LogP contribution in [-0.2, 0) is 0 Å². The number of nitrogens with zero attached hydrogens (tertiary/aromatic N) is 3. The van der Waals surface area contributed by atoms with Crippen molar-refractivity contribution in [2.75, 3.05) is 0 Å². The molecular formula is C22H15N3O2S. The van der Waals surface area contributed by atoms with Gasteiger partial charge < -0.3 is 4.42 Å². The van der Waals surface area contributed by atoms with Gasteiger partial charge in [0.2, 0.25) is 4.80 Å². The third-order valence-corrected chi connectivity index (χ3v) is 5.57. The molecule has 6 heteroatoms. The lowest BCUT2D eigenvalue weighted by molar-refractivity contribution is 0.556. The number of hydrogen-bond donors (Lipinski definition) is 0. The molecule has 0 amide bonds. The molecule has 0 saturated heterocycles. The van der Waals surface area contributed by atoms with Crippen LogP contribution in [0.5, 0.6) is 0 Å². The highest BCUT2D eigenvalue weighted by atomic mass is 32.1. The average molecular weight is 385 g/mol. The van der Waals surface area contributed by atoms with Crippen molar-refractivity contribution < 1.29 is 4.42 Å². The molecule has 0 N–H and O–H groups in total. The van der Waals surface area contributed by atoms with Gasteiger partial charge in [-0.3, -0.25) is 9.36 Å². The maximum absolute atomic E-state index is 13.3. The first kappa shape index (κ1) is 16.6. The molecule has 4 aromatic rings. The number of furan rings is 1. The van der Waals surface area contributed by atoms with Crippen LogP contribution in [0, 0.1) is 0 Å². The Kier molecular flexibility index (Phi) is 4.10. The quantitative estimate of drug-likeness (QED) is 0.544. The second-order valence-electron chi connectivity index (χ2n) is 6.35. The van der Waals surface area contributed by atoms with Crippen LogP contribution in [0.25, 0.3) is 6.08 Å². The van der Waals surface area contributed by atoms with Crippen LogP contribution in [0.1, 0.15) is 22.9 Å². The van der Waals surface area contributed by atoms with Crippen LogP contribution in [0.3, 0.4) is 0 Å². The first-order chi connectivity index (χ1) is 13.8. The molecular weight excluding hydrogens is 370 g/mol. The van der Waals surface area contributed by atoms with Crippen molar-refractivity contribution in [3.8, 4) is 0 Å². The van der Waals surface area contributed by atoms with Crippen molar-refractivity contribution >= 4 is 23.1 Å². The smallest absolute Gasteiger partial charge is 0.271 e. The summed E-state index contributed by atoms with van der Waals surface area (Å²) in [7, 11) is 0. The second-order valence-corrected chi connectivity index (χ2v) is 7.36. The average Bonchev–Trinajstić information content (AvgIpc) is 3.37. The zero-order valence-electron chi connectivity index (χ0n) is 14.7. The summed E-state index contributed by atoms with van der Waals surface area (Å²) in [6.07, 6.45) is 3.34.